The quantitative estimate of drug-likeness (QED) is 0.859. The zero-order chi connectivity index (χ0) is 14.9. The molecule has 1 saturated heterocycles. The minimum absolute atomic E-state index is 0.0980. The summed E-state index contributed by atoms with van der Waals surface area (Å²) in [6.07, 6.45) is 1.56. The van der Waals surface area contributed by atoms with Crippen molar-refractivity contribution in [1.29, 1.82) is 0 Å². The Kier molecular flexibility index (Phi) is 4.23. The van der Waals surface area contributed by atoms with E-state index < -0.39 is 0 Å². The van der Waals surface area contributed by atoms with Gasteiger partial charge < -0.3 is 5.73 Å². The summed E-state index contributed by atoms with van der Waals surface area (Å²) in [5.41, 5.74) is 10.7. The van der Waals surface area contributed by atoms with Gasteiger partial charge in [-0.25, -0.2) is 0 Å². The highest BCUT2D eigenvalue weighted by molar-refractivity contribution is 5.97. The van der Waals surface area contributed by atoms with Gasteiger partial charge in [0.25, 0.3) is 0 Å². The van der Waals surface area contributed by atoms with E-state index in [1.54, 1.807) is 0 Å². The zero-order valence-corrected chi connectivity index (χ0v) is 12.4. The highest BCUT2D eigenvalue weighted by Crippen LogP contribution is 2.24. The van der Waals surface area contributed by atoms with E-state index in [2.05, 4.69) is 12.1 Å². The lowest BCUT2D eigenvalue weighted by atomic mass is 9.93. The molecule has 0 bridgehead atoms. The number of carbonyl (C=O) groups excluding carboxylic acids is 2. The van der Waals surface area contributed by atoms with Gasteiger partial charge >= 0.3 is 0 Å². The van der Waals surface area contributed by atoms with Gasteiger partial charge in [-0.15, -0.1) is 0 Å². The molecule has 4 nitrogen and oxygen atoms in total. The summed E-state index contributed by atoms with van der Waals surface area (Å²) in [5, 5.41) is 0. The number of carbonyl (C=O) groups is 2. The fourth-order valence-corrected chi connectivity index (χ4v) is 3.07. The Bertz CT molecular complexity index is 512. The lowest BCUT2D eigenvalue weighted by Gasteiger charge is -2.29. The van der Waals surface area contributed by atoms with E-state index in [9.17, 15) is 9.59 Å². The van der Waals surface area contributed by atoms with Crippen molar-refractivity contribution in [2.75, 3.05) is 6.54 Å². The summed E-state index contributed by atoms with van der Waals surface area (Å²) in [6.45, 7) is 6.37. The summed E-state index contributed by atoms with van der Waals surface area (Å²) in [4.78, 5) is 25.0. The molecule has 2 N–H and O–H groups in total. The normalized spacial score (nSPS) is 17.5. The first-order valence-electron chi connectivity index (χ1n) is 7.06. The Morgan fingerprint density at radius 2 is 1.60 bits per heavy atom. The number of imide groups is 1. The highest BCUT2D eigenvalue weighted by Gasteiger charge is 2.28. The van der Waals surface area contributed by atoms with Crippen molar-refractivity contribution in [2.45, 2.75) is 46.1 Å². The fourth-order valence-electron chi connectivity index (χ4n) is 3.07. The number of nitrogens with zero attached hydrogens (tertiary/aromatic N) is 1. The number of piperidine rings is 1. The third kappa shape index (κ3) is 2.90. The summed E-state index contributed by atoms with van der Waals surface area (Å²) in [6, 6.07) is 3.85. The average molecular weight is 274 g/mol. The number of aryl methyl sites for hydroxylation is 3. The molecule has 1 aromatic rings. The molecule has 2 rings (SSSR count). The van der Waals surface area contributed by atoms with Gasteiger partial charge in [0.05, 0.1) is 0 Å². The molecule has 1 fully saturated rings. The minimum atomic E-state index is -0.318. The van der Waals surface area contributed by atoms with Crippen molar-refractivity contribution < 1.29 is 9.59 Å². The van der Waals surface area contributed by atoms with Gasteiger partial charge in [-0.3, -0.25) is 14.5 Å². The first-order valence-corrected chi connectivity index (χ1v) is 7.06. The maximum absolute atomic E-state index is 11.8. The number of benzene rings is 1. The molecular formula is C16H22N2O2. The molecule has 1 aromatic carbocycles. The van der Waals surface area contributed by atoms with Crippen LogP contribution >= 0.6 is 0 Å². The lowest BCUT2D eigenvalue weighted by molar-refractivity contribution is -0.148. The number of likely N-dealkylation sites (tertiary alicyclic amines) is 1. The Hall–Kier alpha value is -1.68. The van der Waals surface area contributed by atoms with Crippen LogP contribution in [0, 0.1) is 20.8 Å². The highest BCUT2D eigenvalue weighted by atomic mass is 16.2. The zero-order valence-electron chi connectivity index (χ0n) is 12.4. The first kappa shape index (κ1) is 14.7. The molecule has 1 aliphatic rings. The van der Waals surface area contributed by atoms with Crippen molar-refractivity contribution in [3.63, 3.8) is 0 Å². The smallest absolute Gasteiger partial charge is 0.229 e. The van der Waals surface area contributed by atoms with Crippen molar-refractivity contribution in [2.24, 2.45) is 5.73 Å². The van der Waals surface area contributed by atoms with Crippen LogP contribution in [0.4, 0.5) is 0 Å². The van der Waals surface area contributed by atoms with Gasteiger partial charge in [0.1, 0.15) is 0 Å². The van der Waals surface area contributed by atoms with E-state index in [1.165, 1.54) is 10.5 Å². The molecule has 0 radical (unpaired) electrons. The Balaban J connectivity index is 2.22. The van der Waals surface area contributed by atoms with Crippen molar-refractivity contribution in [1.82, 2.24) is 4.90 Å². The van der Waals surface area contributed by atoms with Crippen molar-refractivity contribution in [3.05, 3.63) is 34.4 Å². The molecule has 1 atom stereocenters. The monoisotopic (exact) mass is 274 g/mol. The number of nitrogens with two attached hydrogens (primary N) is 1. The van der Waals surface area contributed by atoms with E-state index in [0.717, 1.165) is 16.7 Å². The topological polar surface area (TPSA) is 63.4 Å². The average Bonchev–Trinajstić information content (AvgIpc) is 2.32. The van der Waals surface area contributed by atoms with Crippen LogP contribution in [0.1, 0.15) is 47.6 Å². The molecule has 108 valence electrons. The second kappa shape index (κ2) is 5.75. The van der Waals surface area contributed by atoms with Crippen molar-refractivity contribution >= 4 is 11.8 Å². The molecule has 20 heavy (non-hydrogen) atoms. The number of rotatable bonds is 3. The van der Waals surface area contributed by atoms with E-state index in [0.29, 0.717) is 19.3 Å². The fraction of sp³-hybridized carbons (Fsp3) is 0.500. The van der Waals surface area contributed by atoms with Crippen LogP contribution < -0.4 is 5.73 Å². The Labute approximate surface area is 119 Å². The lowest BCUT2D eigenvalue weighted by Crippen LogP contribution is -2.44. The van der Waals surface area contributed by atoms with Crippen LogP contribution in [0.3, 0.4) is 0 Å². The second-order valence-corrected chi connectivity index (χ2v) is 5.67. The number of hydrogen-bond donors (Lipinski definition) is 1. The molecule has 1 heterocycles. The molecule has 0 saturated carbocycles. The van der Waals surface area contributed by atoms with Crippen molar-refractivity contribution in [3.8, 4) is 0 Å². The molecule has 1 aliphatic heterocycles. The van der Waals surface area contributed by atoms with Gasteiger partial charge in [0.2, 0.25) is 11.8 Å². The Morgan fingerprint density at radius 1 is 1.10 bits per heavy atom. The minimum Gasteiger partial charge on any atom is -0.322 e. The van der Waals surface area contributed by atoms with Gasteiger partial charge in [0, 0.05) is 25.4 Å². The molecule has 0 aliphatic carbocycles. The van der Waals surface area contributed by atoms with Crippen LogP contribution in [0.25, 0.3) is 0 Å². The molecule has 2 amide bonds. The van der Waals surface area contributed by atoms with E-state index in [4.69, 9.17) is 5.73 Å². The molecule has 0 aromatic heterocycles. The molecule has 1 unspecified atom stereocenters. The second-order valence-electron chi connectivity index (χ2n) is 5.67. The standard InChI is InChI=1S/C16H22N2O2/c1-10-7-11(2)16(12(3)8-10)13(17)9-18-14(19)5-4-6-15(18)20/h7-8,13H,4-6,9,17H2,1-3H3. The van der Waals surface area contributed by atoms with Gasteiger partial charge in [-0.2, -0.15) is 0 Å². The molecule has 4 heteroatoms. The predicted molar refractivity (Wildman–Crippen MR) is 78.2 cm³/mol. The van der Waals surface area contributed by atoms with Gasteiger partial charge in [-0.05, 0) is 43.9 Å². The Morgan fingerprint density at radius 3 is 2.10 bits per heavy atom. The SMILES string of the molecule is Cc1cc(C)c(C(N)CN2C(=O)CCCC2=O)c(C)c1. The van der Waals surface area contributed by atoms with E-state index >= 15 is 0 Å². The summed E-state index contributed by atoms with van der Waals surface area (Å²) in [5.74, 6) is -0.196. The molecule has 0 spiro atoms. The van der Waals surface area contributed by atoms with E-state index in [-0.39, 0.29) is 24.4 Å². The van der Waals surface area contributed by atoms with Crippen LogP contribution in [-0.4, -0.2) is 23.3 Å². The summed E-state index contributed by atoms with van der Waals surface area (Å²) >= 11 is 0. The van der Waals surface area contributed by atoms with Gasteiger partial charge in [0.15, 0.2) is 0 Å². The van der Waals surface area contributed by atoms with Crippen LogP contribution in [0.5, 0.6) is 0 Å². The van der Waals surface area contributed by atoms with Crippen LogP contribution in [0.15, 0.2) is 12.1 Å². The van der Waals surface area contributed by atoms with Gasteiger partial charge in [-0.1, -0.05) is 17.7 Å². The van der Waals surface area contributed by atoms with Crippen LogP contribution in [0.2, 0.25) is 0 Å². The van der Waals surface area contributed by atoms with E-state index in [1.807, 2.05) is 20.8 Å². The number of hydrogen-bond acceptors (Lipinski definition) is 3. The van der Waals surface area contributed by atoms with Crippen LogP contribution in [-0.2, 0) is 9.59 Å². The maximum atomic E-state index is 11.8. The summed E-state index contributed by atoms with van der Waals surface area (Å²) < 4.78 is 0. The third-order valence-electron chi connectivity index (χ3n) is 3.87. The predicted octanol–water partition coefficient (Wildman–Crippen LogP) is 2.15. The third-order valence-corrected chi connectivity index (χ3v) is 3.87. The first-order chi connectivity index (χ1) is 9.40. The maximum Gasteiger partial charge on any atom is 0.229 e. The summed E-state index contributed by atoms with van der Waals surface area (Å²) in [7, 11) is 0. The largest absolute Gasteiger partial charge is 0.322 e. The molecular weight excluding hydrogens is 252 g/mol. The number of amides is 2.